The molecule has 4 heteroatoms. The van der Waals surface area contributed by atoms with E-state index in [1.54, 1.807) is 0 Å². The van der Waals surface area contributed by atoms with Crippen molar-refractivity contribution in [3.63, 3.8) is 0 Å². The minimum atomic E-state index is -0.309. The van der Waals surface area contributed by atoms with Crippen molar-refractivity contribution in [3.05, 3.63) is 70.8 Å². The Morgan fingerprint density at radius 3 is 1.74 bits per heavy atom. The molecular weight excluding hydrogens is 432 g/mol. The second-order valence-electron chi connectivity index (χ2n) is 12.4. The van der Waals surface area contributed by atoms with Gasteiger partial charge < -0.3 is 15.4 Å². The second kappa shape index (κ2) is 10.7. The van der Waals surface area contributed by atoms with E-state index in [9.17, 15) is 4.79 Å². The Morgan fingerprint density at radius 1 is 0.857 bits per heavy atom. The molecule has 192 valence electrons. The lowest BCUT2D eigenvalue weighted by molar-refractivity contribution is 0.105. The molecule has 1 aliphatic rings. The highest BCUT2D eigenvalue weighted by atomic mass is 16.6. The first-order valence-electron chi connectivity index (χ1n) is 13.3. The van der Waals surface area contributed by atoms with Gasteiger partial charge in [-0.3, -0.25) is 0 Å². The monoisotopic (exact) mass is 478 g/mol. The molecule has 1 fully saturated rings. The number of amides is 1. The van der Waals surface area contributed by atoms with E-state index in [-0.39, 0.29) is 34.5 Å². The zero-order chi connectivity index (χ0) is 25.9. The summed E-state index contributed by atoms with van der Waals surface area (Å²) in [7, 11) is 0. The van der Waals surface area contributed by atoms with Crippen LogP contribution in [0.1, 0.15) is 96.9 Å². The molecule has 2 N–H and O–H groups in total. The fraction of sp³-hybridized carbons (Fsp3) is 0.581. The first-order chi connectivity index (χ1) is 16.4. The lowest BCUT2D eigenvalue weighted by Crippen LogP contribution is -2.44. The number of hydrogen-bond acceptors (Lipinski definition) is 3. The Labute approximate surface area is 213 Å². The molecule has 1 heterocycles. The van der Waals surface area contributed by atoms with Gasteiger partial charge in [-0.05, 0) is 46.4 Å². The van der Waals surface area contributed by atoms with E-state index < -0.39 is 0 Å². The summed E-state index contributed by atoms with van der Waals surface area (Å²) in [6.07, 6.45) is 2.35. The lowest BCUT2D eigenvalue weighted by Gasteiger charge is -2.38. The largest absolute Gasteiger partial charge is 0.445 e. The van der Waals surface area contributed by atoms with Crippen molar-refractivity contribution in [2.45, 2.75) is 103 Å². The number of ether oxygens (including phenoxy) is 1. The molecule has 0 radical (unpaired) electrons. The Kier molecular flexibility index (Phi) is 8.36. The van der Waals surface area contributed by atoms with E-state index in [0.717, 1.165) is 19.3 Å². The number of hydrogen-bond donors (Lipinski definition) is 2. The number of carbonyl (C=O) groups excluding carboxylic acids is 1. The van der Waals surface area contributed by atoms with Crippen molar-refractivity contribution >= 4 is 6.09 Å². The molecule has 0 aromatic heterocycles. The Bertz CT molecular complexity index is 908. The average Bonchev–Trinajstić information content (AvgIpc) is 3.26. The molecule has 2 aromatic rings. The van der Waals surface area contributed by atoms with Crippen molar-refractivity contribution in [1.82, 2.24) is 10.6 Å². The van der Waals surface area contributed by atoms with Gasteiger partial charge in [0.1, 0.15) is 6.10 Å². The highest BCUT2D eigenvalue weighted by Crippen LogP contribution is 2.40. The fourth-order valence-corrected chi connectivity index (χ4v) is 5.00. The highest BCUT2D eigenvalue weighted by Gasteiger charge is 2.43. The van der Waals surface area contributed by atoms with Gasteiger partial charge in [0.15, 0.2) is 0 Å². The minimum absolute atomic E-state index is 0.110. The topological polar surface area (TPSA) is 50.4 Å². The van der Waals surface area contributed by atoms with Gasteiger partial charge in [-0.25, -0.2) is 4.79 Å². The van der Waals surface area contributed by atoms with Gasteiger partial charge in [-0.15, -0.1) is 0 Å². The molecule has 35 heavy (non-hydrogen) atoms. The number of rotatable bonds is 7. The van der Waals surface area contributed by atoms with Crippen LogP contribution in [0.5, 0.6) is 0 Å². The molecule has 0 spiro atoms. The first-order valence-corrected chi connectivity index (χ1v) is 13.3. The molecule has 4 nitrogen and oxygen atoms in total. The predicted octanol–water partition coefficient (Wildman–Crippen LogP) is 6.84. The van der Waals surface area contributed by atoms with Crippen molar-refractivity contribution in [1.29, 1.82) is 0 Å². The van der Waals surface area contributed by atoms with E-state index in [1.165, 1.54) is 22.3 Å². The van der Waals surface area contributed by atoms with E-state index in [2.05, 4.69) is 115 Å². The maximum absolute atomic E-state index is 12.3. The summed E-state index contributed by atoms with van der Waals surface area (Å²) >= 11 is 0. The van der Waals surface area contributed by atoms with Crippen LogP contribution in [0.3, 0.4) is 0 Å². The van der Waals surface area contributed by atoms with Crippen LogP contribution in [0, 0.1) is 0 Å². The number of alkyl carbamates (subject to hydrolysis) is 1. The molecule has 0 aliphatic carbocycles. The standard InChI is InChI=1S/C31H46N2O2/c1-9-10-19-32-28(34)35-26-20-27(33-21-26)31(8,24-15-11-22(12-16-24)29(2,3)4)25-17-13-23(14-18-25)30(5,6)7/h11-18,26-27,33H,9-10,19-21H2,1-8H3,(H,32,34)/t26-,27?/m0/s1. The van der Waals surface area contributed by atoms with Gasteiger partial charge in [0.2, 0.25) is 0 Å². The van der Waals surface area contributed by atoms with Crippen LogP contribution in [0.2, 0.25) is 0 Å². The number of unbranched alkanes of at least 4 members (excludes halogenated alkanes) is 1. The first kappa shape index (κ1) is 27.3. The van der Waals surface area contributed by atoms with Crippen LogP contribution in [0.4, 0.5) is 4.79 Å². The molecule has 2 aromatic carbocycles. The molecule has 3 rings (SSSR count). The molecule has 1 saturated heterocycles. The summed E-state index contributed by atoms with van der Waals surface area (Å²) in [6.45, 7) is 19.3. The van der Waals surface area contributed by atoms with Gasteiger partial charge >= 0.3 is 6.09 Å². The SMILES string of the molecule is CCCCNC(=O)O[C@@H]1CNC(C(C)(c2ccc(C(C)(C)C)cc2)c2ccc(C(C)(C)C)cc2)C1. The van der Waals surface area contributed by atoms with Crippen LogP contribution in [0.15, 0.2) is 48.5 Å². The lowest BCUT2D eigenvalue weighted by atomic mass is 9.69. The van der Waals surface area contributed by atoms with E-state index in [0.29, 0.717) is 13.1 Å². The van der Waals surface area contributed by atoms with Gasteiger partial charge in [0.05, 0.1) is 0 Å². The normalized spacial score (nSPS) is 19.0. The molecule has 1 aliphatic heterocycles. The molecule has 0 bridgehead atoms. The Hall–Kier alpha value is -2.33. The number of nitrogens with one attached hydrogen (secondary N) is 2. The van der Waals surface area contributed by atoms with Crippen LogP contribution in [-0.4, -0.2) is 31.3 Å². The summed E-state index contributed by atoms with van der Waals surface area (Å²) in [6, 6.07) is 18.3. The maximum Gasteiger partial charge on any atom is 0.407 e. The fourth-order valence-electron chi connectivity index (χ4n) is 5.00. The van der Waals surface area contributed by atoms with E-state index in [1.807, 2.05) is 0 Å². The smallest absolute Gasteiger partial charge is 0.407 e. The van der Waals surface area contributed by atoms with Crippen LogP contribution < -0.4 is 10.6 Å². The van der Waals surface area contributed by atoms with Crippen molar-refractivity contribution in [2.75, 3.05) is 13.1 Å². The summed E-state index contributed by atoms with van der Waals surface area (Å²) in [5.74, 6) is 0. The minimum Gasteiger partial charge on any atom is -0.445 e. The van der Waals surface area contributed by atoms with Crippen molar-refractivity contribution in [3.8, 4) is 0 Å². The van der Waals surface area contributed by atoms with Gasteiger partial charge in [-0.1, -0.05) is 103 Å². The van der Waals surface area contributed by atoms with Crippen LogP contribution in [-0.2, 0) is 21.0 Å². The zero-order valence-corrected chi connectivity index (χ0v) is 23.1. The quantitative estimate of drug-likeness (QED) is 0.428. The van der Waals surface area contributed by atoms with Gasteiger partial charge in [0.25, 0.3) is 0 Å². The molecule has 2 atom stereocenters. The van der Waals surface area contributed by atoms with Crippen LogP contribution in [0.25, 0.3) is 0 Å². The molecule has 0 saturated carbocycles. The van der Waals surface area contributed by atoms with Crippen molar-refractivity contribution in [2.24, 2.45) is 0 Å². The Balaban J connectivity index is 1.90. The third-order valence-corrected chi connectivity index (χ3v) is 7.56. The third kappa shape index (κ3) is 6.46. The average molecular weight is 479 g/mol. The van der Waals surface area contributed by atoms with Crippen molar-refractivity contribution < 1.29 is 9.53 Å². The summed E-state index contributed by atoms with van der Waals surface area (Å²) in [5.41, 5.74) is 5.17. The zero-order valence-electron chi connectivity index (χ0n) is 23.1. The third-order valence-electron chi connectivity index (χ3n) is 7.56. The summed E-state index contributed by atoms with van der Waals surface area (Å²) < 4.78 is 5.77. The molecule has 1 unspecified atom stereocenters. The molecule has 1 amide bonds. The maximum atomic E-state index is 12.3. The molecular formula is C31H46N2O2. The summed E-state index contributed by atoms with van der Waals surface area (Å²) in [4.78, 5) is 12.3. The predicted molar refractivity (Wildman–Crippen MR) is 146 cm³/mol. The Morgan fingerprint density at radius 2 is 1.31 bits per heavy atom. The van der Waals surface area contributed by atoms with E-state index >= 15 is 0 Å². The number of benzene rings is 2. The van der Waals surface area contributed by atoms with Crippen LogP contribution >= 0.6 is 0 Å². The summed E-state index contributed by atoms with van der Waals surface area (Å²) in [5, 5.41) is 6.58. The second-order valence-corrected chi connectivity index (χ2v) is 12.4. The van der Waals surface area contributed by atoms with E-state index in [4.69, 9.17) is 4.74 Å². The van der Waals surface area contributed by atoms with Gasteiger partial charge in [-0.2, -0.15) is 0 Å². The highest BCUT2D eigenvalue weighted by molar-refractivity contribution is 5.67. The number of carbonyl (C=O) groups is 1. The van der Waals surface area contributed by atoms with Gasteiger partial charge in [0, 0.05) is 31.0 Å².